The monoisotopic (exact) mass is 384 g/mol. The third-order valence-electron chi connectivity index (χ3n) is 9.75. The topological polar surface area (TPSA) is 20.2 Å². The number of aliphatic hydroxyl groups is 1. The van der Waals surface area contributed by atoms with Crippen LogP contribution in [0.5, 0.6) is 0 Å². The van der Waals surface area contributed by atoms with E-state index in [0.29, 0.717) is 10.8 Å². The summed E-state index contributed by atoms with van der Waals surface area (Å²) in [5, 5.41) is 10.2. The predicted octanol–water partition coefficient (Wildman–Crippen LogP) is 7.31. The van der Waals surface area contributed by atoms with Crippen LogP contribution in [0, 0.1) is 40.4 Å². The Morgan fingerprint density at radius 3 is 2.50 bits per heavy atom. The van der Waals surface area contributed by atoms with Crippen LogP contribution in [-0.2, 0) is 0 Å². The van der Waals surface area contributed by atoms with E-state index in [1.807, 2.05) is 0 Å². The van der Waals surface area contributed by atoms with Crippen LogP contribution in [0.1, 0.15) is 98.8 Å². The molecule has 1 N–H and O–H groups in total. The molecule has 7 atom stereocenters. The summed E-state index contributed by atoms with van der Waals surface area (Å²) in [7, 11) is 0. The van der Waals surface area contributed by atoms with Crippen LogP contribution in [-0.4, -0.2) is 11.2 Å². The lowest BCUT2D eigenvalue weighted by molar-refractivity contribution is 0.0323. The van der Waals surface area contributed by atoms with Crippen molar-refractivity contribution < 1.29 is 5.11 Å². The van der Waals surface area contributed by atoms with Crippen molar-refractivity contribution in [3.8, 4) is 0 Å². The molecular formula is C27H44O. The molecule has 0 unspecified atom stereocenters. The van der Waals surface area contributed by atoms with Gasteiger partial charge in [-0.25, -0.2) is 0 Å². The maximum absolute atomic E-state index is 10.2. The van der Waals surface area contributed by atoms with Crippen LogP contribution in [0.25, 0.3) is 0 Å². The third-order valence-corrected chi connectivity index (χ3v) is 9.75. The summed E-state index contributed by atoms with van der Waals surface area (Å²) >= 11 is 0. The van der Waals surface area contributed by atoms with Crippen molar-refractivity contribution in [2.75, 3.05) is 0 Å². The molecule has 28 heavy (non-hydrogen) atoms. The lowest BCUT2D eigenvalue weighted by atomic mass is 9.50. The van der Waals surface area contributed by atoms with Gasteiger partial charge >= 0.3 is 0 Å². The second-order valence-electron chi connectivity index (χ2n) is 11.8. The van der Waals surface area contributed by atoms with Gasteiger partial charge in [-0.3, -0.25) is 0 Å². The van der Waals surface area contributed by atoms with E-state index in [1.165, 1.54) is 51.4 Å². The first-order valence-electron chi connectivity index (χ1n) is 12.3. The molecule has 3 fully saturated rings. The van der Waals surface area contributed by atoms with Crippen LogP contribution in [0.2, 0.25) is 0 Å². The zero-order valence-electron chi connectivity index (χ0n) is 19.1. The van der Waals surface area contributed by atoms with E-state index < -0.39 is 0 Å². The van der Waals surface area contributed by atoms with Gasteiger partial charge in [0.2, 0.25) is 0 Å². The quantitative estimate of drug-likeness (QED) is 0.527. The fourth-order valence-corrected chi connectivity index (χ4v) is 8.01. The Balaban J connectivity index is 1.53. The van der Waals surface area contributed by atoms with E-state index in [2.05, 4.69) is 46.8 Å². The highest BCUT2D eigenvalue weighted by Crippen LogP contribution is 2.66. The fraction of sp³-hybridized carbons (Fsp3) is 0.852. The van der Waals surface area contributed by atoms with E-state index in [9.17, 15) is 5.11 Å². The molecular weight excluding hydrogens is 340 g/mol. The standard InChI is InChI=1S/C27H44O/c1-18(2)7-6-8-19(3)23-11-12-24-22-10-9-20-17-21(28)13-15-26(20,4)25(22)14-16-27(23,24)5/h9-10,18-19,21,23-25,28H,6-8,11-17H2,1-5H3/t19-,21+,23-,24-,25+,26+,27-/m1/s1. The summed E-state index contributed by atoms with van der Waals surface area (Å²) in [5.41, 5.74) is 4.19. The molecule has 0 heterocycles. The second kappa shape index (κ2) is 7.60. The molecule has 1 nitrogen and oxygen atoms in total. The van der Waals surface area contributed by atoms with E-state index >= 15 is 0 Å². The highest BCUT2D eigenvalue weighted by atomic mass is 16.3. The van der Waals surface area contributed by atoms with Gasteiger partial charge in [0.15, 0.2) is 0 Å². The van der Waals surface area contributed by atoms with Crippen molar-refractivity contribution in [1.29, 1.82) is 0 Å². The average Bonchev–Trinajstić information content (AvgIpc) is 2.99. The number of aliphatic hydroxyl groups excluding tert-OH is 1. The summed E-state index contributed by atoms with van der Waals surface area (Å²) in [4.78, 5) is 0. The van der Waals surface area contributed by atoms with Gasteiger partial charge in [0, 0.05) is 0 Å². The summed E-state index contributed by atoms with van der Waals surface area (Å²) in [6, 6.07) is 0. The van der Waals surface area contributed by atoms with Crippen molar-refractivity contribution in [3.63, 3.8) is 0 Å². The Bertz CT molecular complexity index is 643. The minimum Gasteiger partial charge on any atom is -0.393 e. The van der Waals surface area contributed by atoms with Gasteiger partial charge in [0.25, 0.3) is 0 Å². The Kier molecular flexibility index (Phi) is 5.62. The molecule has 0 bridgehead atoms. The maximum atomic E-state index is 10.2. The highest BCUT2D eigenvalue weighted by molar-refractivity contribution is 5.38. The van der Waals surface area contributed by atoms with Crippen LogP contribution in [0.3, 0.4) is 0 Å². The molecule has 1 heteroatoms. The Morgan fingerprint density at radius 2 is 1.75 bits per heavy atom. The SMILES string of the molecule is CC(C)CCC[C@@H](C)[C@H]1CC[C@@H]2C3=CC=C4C[C@@H](O)CC[C@]4(C)[C@H]3CC[C@@]21C. The first-order chi connectivity index (χ1) is 13.3. The van der Waals surface area contributed by atoms with Gasteiger partial charge in [-0.15, -0.1) is 0 Å². The molecule has 4 aliphatic carbocycles. The molecule has 0 radical (unpaired) electrons. The Hall–Kier alpha value is -0.560. The molecule has 0 aromatic rings. The number of hydrogen-bond acceptors (Lipinski definition) is 1. The average molecular weight is 385 g/mol. The maximum Gasteiger partial charge on any atom is 0.0578 e. The lowest BCUT2D eigenvalue weighted by Gasteiger charge is -2.55. The lowest BCUT2D eigenvalue weighted by Crippen LogP contribution is -2.46. The minimum absolute atomic E-state index is 0.106. The molecule has 0 saturated heterocycles. The van der Waals surface area contributed by atoms with Crippen molar-refractivity contribution in [2.24, 2.45) is 40.4 Å². The molecule has 4 aliphatic rings. The molecule has 3 saturated carbocycles. The second-order valence-corrected chi connectivity index (χ2v) is 11.8. The first kappa shape index (κ1) is 20.7. The first-order valence-corrected chi connectivity index (χ1v) is 12.3. The summed E-state index contributed by atoms with van der Waals surface area (Å²) in [5.74, 6) is 4.19. The van der Waals surface area contributed by atoms with Crippen LogP contribution in [0.15, 0.2) is 23.3 Å². The molecule has 0 aliphatic heterocycles. The summed E-state index contributed by atoms with van der Waals surface area (Å²) in [6.07, 6.45) is 17.8. The van der Waals surface area contributed by atoms with Crippen LogP contribution < -0.4 is 0 Å². The molecule has 0 aromatic carbocycles. The molecule has 0 spiro atoms. The predicted molar refractivity (Wildman–Crippen MR) is 119 cm³/mol. The number of rotatable bonds is 5. The Labute approximate surface area is 174 Å². The highest BCUT2D eigenvalue weighted by Gasteiger charge is 2.56. The van der Waals surface area contributed by atoms with E-state index in [4.69, 9.17) is 0 Å². The summed E-state index contributed by atoms with van der Waals surface area (Å²) < 4.78 is 0. The van der Waals surface area contributed by atoms with Crippen LogP contribution >= 0.6 is 0 Å². The fourth-order valence-electron chi connectivity index (χ4n) is 8.01. The third kappa shape index (κ3) is 3.34. The van der Waals surface area contributed by atoms with Gasteiger partial charge in [0.05, 0.1) is 6.10 Å². The van der Waals surface area contributed by atoms with Gasteiger partial charge in [0.1, 0.15) is 0 Å². The van der Waals surface area contributed by atoms with Crippen molar-refractivity contribution in [1.82, 2.24) is 0 Å². The van der Waals surface area contributed by atoms with E-state index in [1.54, 1.807) is 11.1 Å². The van der Waals surface area contributed by atoms with Crippen LogP contribution in [0.4, 0.5) is 0 Å². The molecule has 0 aromatic heterocycles. The number of allylic oxidation sites excluding steroid dienone is 3. The minimum atomic E-state index is -0.106. The van der Waals surface area contributed by atoms with Crippen molar-refractivity contribution in [2.45, 2.75) is 105 Å². The van der Waals surface area contributed by atoms with E-state index in [0.717, 1.165) is 42.4 Å². The largest absolute Gasteiger partial charge is 0.393 e. The zero-order chi connectivity index (χ0) is 20.1. The van der Waals surface area contributed by atoms with Gasteiger partial charge in [-0.1, -0.05) is 77.2 Å². The Morgan fingerprint density at radius 1 is 0.964 bits per heavy atom. The van der Waals surface area contributed by atoms with E-state index in [-0.39, 0.29) is 6.10 Å². The van der Waals surface area contributed by atoms with Gasteiger partial charge in [-0.05, 0) is 85.4 Å². The van der Waals surface area contributed by atoms with Gasteiger partial charge < -0.3 is 5.11 Å². The number of fused-ring (bicyclic) bond motifs is 5. The number of hydrogen-bond donors (Lipinski definition) is 1. The molecule has 158 valence electrons. The zero-order valence-corrected chi connectivity index (χ0v) is 19.1. The van der Waals surface area contributed by atoms with Gasteiger partial charge in [-0.2, -0.15) is 0 Å². The van der Waals surface area contributed by atoms with Crippen molar-refractivity contribution in [3.05, 3.63) is 23.3 Å². The van der Waals surface area contributed by atoms with Crippen molar-refractivity contribution >= 4 is 0 Å². The molecule has 0 amide bonds. The summed E-state index contributed by atoms with van der Waals surface area (Å²) in [6.45, 7) is 12.5. The normalized spacial score (nSPS) is 43.7. The smallest absolute Gasteiger partial charge is 0.0578 e. The molecule has 4 rings (SSSR count).